The lowest BCUT2D eigenvalue weighted by atomic mass is 9.84. The summed E-state index contributed by atoms with van der Waals surface area (Å²) < 4.78 is 5.81. The molecule has 2 heteroatoms. The van der Waals surface area contributed by atoms with Crippen molar-refractivity contribution in [3.63, 3.8) is 0 Å². The molecule has 0 saturated carbocycles. The molecule has 0 bridgehead atoms. The zero-order valence-corrected chi connectivity index (χ0v) is 11.3. The monoisotopic (exact) mass is 256 g/mol. The molecule has 0 saturated heterocycles. The molecule has 2 nitrogen and oxygen atoms in total. The van der Waals surface area contributed by atoms with E-state index in [2.05, 4.69) is 24.3 Å². The SMILES string of the molecule is CO[C@](CCO)(Cc1ccccc1)c1ccccc1. The van der Waals surface area contributed by atoms with Crippen molar-refractivity contribution in [3.05, 3.63) is 71.8 Å². The van der Waals surface area contributed by atoms with E-state index in [1.165, 1.54) is 5.56 Å². The molecule has 0 heterocycles. The Kier molecular flexibility index (Phi) is 4.72. The van der Waals surface area contributed by atoms with Crippen molar-refractivity contribution in [3.8, 4) is 0 Å². The van der Waals surface area contributed by atoms with Gasteiger partial charge in [0.1, 0.15) is 0 Å². The third kappa shape index (κ3) is 3.22. The molecule has 2 aromatic carbocycles. The number of benzene rings is 2. The lowest BCUT2D eigenvalue weighted by Gasteiger charge is -2.33. The topological polar surface area (TPSA) is 29.5 Å². The molecular weight excluding hydrogens is 236 g/mol. The van der Waals surface area contributed by atoms with Gasteiger partial charge in [-0.25, -0.2) is 0 Å². The largest absolute Gasteiger partial charge is 0.396 e. The Hall–Kier alpha value is -1.64. The van der Waals surface area contributed by atoms with E-state index >= 15 is 0 Å². The Balaban J connectivity index is 2.34. The van der Waals surface area contributed by atoms with Crippen LogP contribution in [0.25, 0.3) is 0 Å². The van der Waals surface area contributed by atoms with Gasteiger partial charge in [0.25, 0.3) is 0 Å². The predicted molar refractivity (Wildman–Crippen MR) is 77.0 cm³/mol. The van der Waals surface area contributed by atoms with Gasteiger partial charge in [0.2, 0.25) is 0 Å². The van der Waals surface area contributed by atoms with Gasteiger partial charge in [0, 0.05) is 26.6 Å². The van der Waals surface area contributed by atoms with Crippen LogP contribution in [0.15, 0.2) is 60.7 Å². The Morgan fingerprint density at radius 3 is 2.05 bits per heavy atom. The van der Waals surface area contributed by atoms with Gasteiger partial charge in [0.05, 0.1) is 5.60 Å². The van der Waals surface area contributed by atoms with E-state index < -0.39 is 5.60 Å². The third-order valence-corrected chi connectivity index (χ3v) is 3.54. The van der Waals surface area contributed by atoms with Crippen LogP contribution >= 0.6 is 0 Å². The first kappa shape index (κ1) is 13.8. The van der Waals surface area contributed by atoms with E-state index in [4.69, 9.17) is 4.74 Å². The zero-order chi connectivity index (χ0) is 13.6. The first-order chi connectivity index (χ1) is 9.30. The normalized spacial score (nSPS) is 14.0. The Morgan fingerprint density at radius 2 is 1.53 bits per heavy atom. The van der Waals surface area contributed by atoms with Crippen LogP contribution in [0, 0.1) is 0 Å². The molecule has 100 valence electrons. The minimum Gasteiger partial charge on any atom is -0.396 e. The van der Waals surface area contributed by atoms with Crippen LogP contribution in [0.5, 0.6) is 0 Å². The van der Waals surface area contributed by atoms with Crippen LogP contribution in [-0.4, -0.2) is 18.8 Å². The second-order valence-electron chi connectivity index (χ2n) is 4.70. The molecule has 0 aromatic heterocycles. The molecule has 1 N–H and O–H groups in total. The van der Waals surface area contributed by atoms with Gasteiger partial charge in [0.15, 0.2) is 0 Å². The Bertz CT molecular complexity index is 481. The smallest absolute Gasteiger partial charge is 0.0989 e. The fraction of sp³-hybridized carbons (Fsp3) is 0.294. The number of hydrogen-bond donors (Lipinski definition) is 1. The van der Waals surface area contributed by atoms with Gasteiger partial charge in [-0.3, -0.25) is 0 Å². The highest BCUT2D eigenvalue weighted by Crippen LogP contribution is 2.32. The first-order valence-corrected chi connectivity index (χ1v) is 6.56. The molecule has 0 aliphatic rings. The molecule has 0 spiro atoms. The van der Waals surface area contributed by atoms with Crippen LogP contribution in [0.1, 0.15) is 17.5 Å². The summed E-state index contributed by atoms with van der Waals surface area (Å²) in [6.45, 7) is 0.107. The Morgan fingerprint density at radius 1 is 0.947 bits per heavy atom. The molecule has 0 aliphatic carbocycles. The summed E-state index contributed by atoms with van der Waals surface area (Å²) in [5.74, 6) is 0. The van der Waals surface area contributed by atoms with Crippen LogP contribution in [0.2, 0.25) is 0 Å². The molecule has 0 amide bonds. The predicted octanol–water partition coefficient (Wildman–Crippen LogP) is 3.15. The van der Waals surface area contributed by atoms with Crippen molar-refractivity contribution in [2.24, 2.45) is 0 Å². The van der Waals surface area contributed by atoms with Crippen molar-refractivity contribution in [1.29, 1.82) is 0 Å². The summed E-state index contributed by atoms with van der Waals surface area (Å²) in [6.07, 6.45) is 1.34. The lowest BCUT2D eigenvalue weighted by Crippen LogP contribution is -2.32. The van der Waals surface area contributed by atoms with Gasteiger partial charge in [-0.15, -0.1) is 0 Å². The summed E-state index contributed by atoms with van der Waals surface area (Å²) in [4.78, 5) is 0. The van der Waals surface area contributed by atoms with Crippen LogP contribution < -0.4 is 0 Å². The summed E-state index contributed by atoms with van der Waals surface area (Å²) >= 11 is 0. The van der Waals surface area contributed by atoms with E-state index in [-0.39, 0.29) is 6.61 Å². The third-order valence-electron chi connectivity index (χ3n) is 3.54. The van der Waals surface area contributed by atoms with Gasteiger partial charge in [-0.05, 0) is 11.1 Å². The minimum atomic E-state index is -0.461. The molecule has 0 radical (unpaired) electrons. The molecule has 1 atom stereocenters. The van der Waals surface area contributed by atoms with Crippen molar-refractivity contribution in [2.45, 2.75) is 18.4 Å². The van der Waals surface area contributed by atoms with Crippen LogP contribution in [0.3, 0.4) is 0 Å². The molecule has 2 rings (SSSR count). The number of aliphatic hydroxyl groups excluding tert-OH is 1. The van der Waals surface area contributed by atoms with E-state index in [0.717, 1.165) is 12.0 Å². The van der Waals surface area contributed by atoms with Crippen molar-refractivity contribution in [2.75, 3.05) is 13.7 Å². The first-order valence-electron chi connectivity index (χ1n) is 6.56. The number of methoxy groups -OCH3 is 1. The summed E-state index contributed by atoms with van der Waals surface area (Å²) in [5.41, 5.74) is 1.86. The second kappa shape index (κ2) is 6.50. The van der Waals surface area contributed by atoms with Crippen LogP contribution in [0.4, 0.5) is 0 Å². The average molecular weight is 256 g/mol. The number of rotatable bonds is 6. The van der Waals surface area contributed by atoms with Crippen LogP contribution in [-0.2, 0) is 16.8 Å². The summed E-state index contributed by atoms with van der Waals surface area (Å²) in [7, 11) is 1.71. The van der Waals surface area contributed by atoms with Gasteiger partial charge >= 0.3 is 0 Å². The van der Waals surface area contributed by atoms with Crippen molar-refractivity contribution >= 4 is 0 Å². The van der Waals surface area contributed by atoms with E-state index in [0.29, 0.717) is 6.42 Å². The zero-order valence-electron chi connectivity index (χ0n) is 11.3. The standard InChI is InChI=1S/C17H20O2/c1-19-17(12-13-18,16-10-6-3-7-11-16)14-15-8-4-2-5-9-15/h2-11,18H,12-14H2,1H3/t17-/m1/s1. The quantitative estimate of drug-likeness (QED) is 0.860. The van der Waals surface area contributed by atoms with Crippen molar-refractivity contribution in [1.82, 2.24) is 0 Å². The highest BCUT2D eigenvalue weighted by atomic mass is 16.5. The van der Waals surface area contributed by atoms with Crippen molar-refractivity contribution < 1.29 is 9.84 Å². The lowest BCUT2D eigenvalue weighted by molar-refractivity contribution is -0.0331. The minimum absolute atomic E-state index is 0.107. The molecule has 0 aliphatic heterocycles. The highest BCUT2D eigenvalue weighted by molar-refractivity contribution is 5.27. The number of aliphatic hydroxyl groups is 1. The van der Waals surface area contributed by atoms with E-state index in [9.17, 15) is 5.11 Å². The van der Waals surface area contributed by atoms with E-state index in [1.807, 2.05) is 36.4 Å². The number of hydrogen-bond acceptors (Lipinski definition) is 2. The highest BCUT2D eigenvalue weighted by Gasteiger charge is 2.31. The fourth-order valence-electron chi connectivity index (χ4n) is 2.47. The maximum Gasteiger partial charge on any atom is 0.0989 e. The van der Waals surface area contributed by atoms with E-state index in [1.54, 1.807) is 7.11 Å². The molecule has 0 unspecified atom stereocenters. The maximum atomic E-state index is 9.39. The second-order valence-corrected chi connectivity index (χ2v) is 4.70. The average Bonchev–Trinajstić information content (AvgIpc) is 2.49. The Labute approximate surface area is 114 Å². The molecule has 0 fully saturated rings. The summed E-state index contributed by atoms with van der Waals surface area (Å²) in [5, 5.41) is 9.39. The van der Waals surface area contributed by atoms with Gasteiger partial charge in [-0.2, -0.15) is 0 Å². The van der Waals surface area contributed by atoms with Gasteiger partial charge < -0.3 is 9.84 Å². The molecular formula is C17H20O2. The number of ether oxygens (including phenoxy) is 1. The van der Waals surface area contributed by atoms with Gasteiger partial charge in [-0.1, -0.05) is 60.7 Å². The molecule has 19 heavy (non-hydrogen) atoms. The fourth-order valence-corrected chi connectivity index (χ4v) is 2.47. The summed E-state index contributed by atoms with van der Waals surface area (Å²) in [6, 6.07) is 20.4. The molecule has 2 aromatic rings. The maximum absolute atomic E-state index is 9.39.